The molecule has 2 amide bonds. The van der Waals surface area contributed by atoms with Gasteiger partial charge in [0.15, 0.2) is 19.9 Å². The molecule has 0 saturated heterocycles. The first-order chi connectivity index (χ1) is 15.5. The molecule has 0 spiro atoms. The molecule has 15 heteroatoms. The van der Waals surface area contributed by atoms with Gasteiger partial charge in [-0.05, 0) is 18.1 Å². The van der Waals surface area contributed by atoms with E-state index in [2.05, 4.69) is 20.3 Å². The number of sulfonamides is 1. The summed E-state index contributed by atoms with van der Waals surface area (Å²) in [4.78, 5) is 24.2. The lowest BCUT2D eigenvalue weighted by Gasteiger charge is -2.11. The summed E-state index contributed by atoms with van der Waals surface area (Å²) in [6, 6.07) is 3.33. The second-order valence-corrected chi connectivity index (χ2v) is 10.4. The fraction of sp³-hybridized carbons (Fsp3) is 0.333. The van der Waals surface area contributed by atoms with Gasteiger partial charge in [-0.1, -0.05) is 19.9 Å². The van der Waals surface area contributed by atoms with E-state index in [1.165, 1.54) is 39.5 Å². The normalized spacial score (nSPS) is 11.9. The van der Waals surface area contributed by atoms with Crippen LogP contribution in [0.5, 0.6) is 11.8 Å². The number of aryl methyl sites for hydroxylation is 1. The Bertz CT molecular complexity index is 1400. The monoisotopic (exact) mass is 498 g/mol. The summed E-state index contributed by atoms with van der Waals surface area (Å²) >= 11 is 0. The van der Waals surface area contributed by atoms with Gasteiger partial charge in [0.05, 0.1) is 26.0 Å². The summed E-state index contributed by atoms with van der Waals surface area (Å²) in [6.07, 6.45) is 2.02. The van der Waals surface area contributed by atoms with E-state index in [9.17, 15) is 21.6 Å². The van der Waals surface area contributed by atoms with Gasteiger partial charge in [-0.3, -0.25) is 9.72 Å². The number of urea groups is 1. The predicted molar refractivity (Wildman–Crippen MR) is 117 cm³/mol. The number of hydrogen-bond acceptors (Lipinski definition) is 10. The Morgan fingerprint density at radius 2 is 1.67 bits per heavy atom. The number of amides is 2. The number of aromatic nitrogens is 4. The van der Waals surface area contributed by atoms with Gasteiger partial charge in [-0.2, -0.15) is 18.4 Å². The standard InChI is InChI=1S/C18H22N6O7S2/c1-5-11-7-8-12-19-15(32(26,27)6-2)16(24(12)10-11)33(28,29)23-18(25)22-17-20-13(30-3)9-14(21-17)31-4/h7-10H,5-6H2,1-4H3,(H2,20,21,22,23,25). The molecule has 178 valence electrons. The topological polar surface area (TPSA) is 171 Å². The van der Waals surface area contributed by atoms with Gasteiger partial charge in [0.2, 0.25) is 17.7 Å². The molecule has 0 unspecified atom stereocenters. The van der Waals surface area contributed by atoms with Crippen LogP contribution in [0.1, 0.15) is 19.4 Å². The number of carbonyl (C=O) groups is 1. The zero-order valence-electron chi connectivity index (χ0n) is 18.2. The maximum absolute atomic E-state index is 13.1. The number of rotatable bonds is 8. The fourth-order valence-electron chi connectivity index (χ4n) is 2.80. The van der Waals surface area contributed by atoms with Crippen molar-refractivity contribution in [3.8, 4) is 11.8 Å². The molecule has 2 N–H and O–H groups in total. The molecule has 13 nitrogen and oxygen atoms in total. The molecule has 0 radical (unpaired) electrons. The van der Waals surface area contributed by atoms with Gasteiger partial charge >= 0.3 is 6.03 Å². The molecule has 3 rings (SSSR count). The minimum atomic E-state index is -4.70. The van der Waals surface area contributed by atoms with Crippen LogP contribution in [0.15, 0.2) is 34.4 Å². The van der Waals surface area contributed by atoms with Crippen LogP contribution in [0.2, 0.25) is 0 Å². The lowest BCUT2D eigenvalue weighted by molar-refractivity contribution is 0.256. The summed E-state index contributed by atoms with van der Waals surface area (Å²) in [7, 11) is -6.08. The third-order valence-corrected chi connectivity index (χ3v) is 7.61. The molecule has 0 aliphatic carbocycles. The van der Waals surface area contributed by atoms with Crippen molar-refractivity contribution in [2.75, 3.05) is 25.3 Å². The predicted octanol–water partition coefficient (Wildman–Crippen LogP) is 1.01. The maximum atomic E-state index is 13.1. The number of nitrogens with one attached hydrogen (secondary N) is 2. The Labute approximate surface area is 190 Å². The van der Waals surface area contributed by atoms with Crippen LogP contribution >= 0.6 is 0 Å². The van der Waals surface area contributed by atoms with Crippen molar-refractivity contribution in [2.24, 2.45) is 0 Å². The molecule has 33 heavy (non-hydrogen) atoms. The van der Waals surface area contributed by atoms with Crippen molar-refractivity contribution in [1.82, 2.24) is 24.1 Å². The van der Waals surface area contributed by atoms with Crippen molar-refractivity contribution in [2.45, 2.75) is 30.3 Å². The van der Waals surface area contributed by atoms with E-state index in [1.54, 1.807) is 10.8 Å². The van der Waals surface area contributed by atoms with Crippen LogP contribution in [0.3, 0.4) is 0 Å². The zero-order valence-corrected chi connectivity index (χ0v) is 19.8. The quantitative estimate of drug-likeness (QED) is 0.456. The average molecular weight is 499 g/mol. The zero-order chi connectivity index (χ0) is 24.4. The van der Waals surface area contributed by atoms with E-state index in [-0.39, 0.29) is 29.1 Å². The Hall–Kier alpha value is -3.46. The number of sulfone groups is 1. The number of fused-ring (bicyclic) bond motifs is 1. The Balaban J connectivity index is 2.04. The van der Waals surface area contributed by atoms with Gasteiger partial charge in [-0.15, -0.1) is 0 Å². The molecule has 0 bridgehead atoms. The second kappa shape index (κ2) is 9.19. The number of carbonyl (C=O) groups excluding carboxylic acids is 1. The summed E-state index contributed by atoms with van der Waals surface area (Å²) in [5.41, 5.74) is 0.832. The van der Waals surface area contributed by atoms with E-state index in [0.29, 0.717) is 6.42 Å². The van der Waals surface area contributed by atoms with Crippen LogP contribution in [0, 0.1) is 0 Å². The Morgan fingerprint density at radius 1 is 1.03 bits per heavy atom. The highest BCUT2D eigenvalue weighted by molar-refractivity contribution is 7.93. The Morgan fingerprint density at radius 3 is 2.21 bits per heavy atom. The minimum absolute atomic E-state index is 0.0604. The summed E-state index contributed by atoms with van der Waals surface area (Å²) in [5, 5.41) is 0.835. The van der Waals surface area contributed by atoms with Crippen molar-refractivity contribution < 1.29 is 31.1 Å². The first-order valence-corrected chi connectivity index (χ1v) is 12.7. The maximum Gasteiger partial charge on any atom is 0.335 e. The van der Waals surface area contributed by atoms with Gasteiger partial charge in [0.1, 0.15) is 5.65 Å². The molecule has 0 saturated carbocycles. The van der Waals surface area contributed by atoms with E-state index in [0.717, 1.165) is 9.96 Å². The average Bonchev–Trinajstić information content (AvgIpc) is 3.18. The summed E-state index contributed by atoms with van der Waals surface area (Å²) < 4.78 is 64.3. The molecule has 3 heterocycles. The molecular weight excluding hydrogens is 476 g/mol. The number of methoxy groups -OCH3 is 2. The fourth-order valence-corrected chi connectivity index (χ4v) is 5.46. The lowest BCUT2D eigenvalue weighted by atomic mass is 10.2. The van der Waals surface area contributed by atoms with Gasteiger partial charge in [-0.25, -0.2) is 22.9 Å². The molecule has 3 aromatic heterocycles. The highest BCUT2D eigenvalue weighted by atomic mass is 32.2. The van der Waals surface area contributed by atoms with Crippen molar-refractivity contribution in [3.05, 3.63) is 30.0 Å². The molecule has 0 aliphatic heterocycles. The number of imidazole rings is 1. The molecule has 0 aromatic carbocycles. The smallest absolute Gasteiger partial charge is 0.335 e. The highest BCUT2D eigenvalue weighted by Gasteiger charge is 2.33. The third kappa shape index (κ3) is 4.98. The Kier molecular flexibility index (Phi) is 6.73. The van der Waals surface area contributed by atoms with E-state index in [1.807, 2.05) is 6.92 Å². The number of nitrogens with zero attached hydrogens (tertiary/aromatic N) is 4. The molecule has 3 aromatic rings. The molecule has 0 aliphatic rings. The first-order valence-electron chi connectivity index (χ1n) is 9.59. The number of hydrogen-bond donors (Lipinski definition) is 2. The van der Waals surface area contributed by atoms with Gasteiger partial charge in [0.25, 0.3) is 10.0 Å². The minimum Gasteiger partial charge on any atom is -0.481 e. The van der Waals surface area contributed by atoms with Gasteiger partial charge < -0.3 is 9.47 Å². The van der Waals surface area contributed by atoms with Gasteiger partial charge in [0, 0.05) is 6.20 Å². The van der Waals surface area contributed by atoms with Crippen LogP contribution in [0.4, 0.5) is 10.7 Å². The summed E-state index contributed by atoms with van der Waals surface area (Å²) in [5.74, 6) is -0.564. The van der Waals surface area contributed by atoms with Crippen molar-refractivity contribution >= 4 is 37.5 Å². The largest absolute Gasteiger partial charge is 0.481 e. The molecular formula is C18H22N6O7S2. The third-order valence-electron chi connectivity index (χ3n) is 4.49. The van der Waals surface area contributed by atoms with Crippen molar-refractivity contribution in [3.63, 3.8) is 0 Å². The number of pyridine rings is 1. The van der Waals surface area contributed by atoms with E-state index in [4.69, 9.17) is 9.47 Å². The van der Waals surface area contributed by atoms with E-state index < -0.39 is 35.9 Å². The molecule has 0 fully saturated rings. The van der Waals surface area contributed by atoms with Crippen LogP contribution in [0.25, 0.3) is 5.65 Å². The van der Waals surface area contributed by atoms with Crippen LogP contribution < -0.4 is 19.5 Å². The number of ether oxygens (including phenoxy) is 2. The van der Waals surface area contributed by atoms with Crippen molar-refractivity contribution in [1.29, 1.82) is 0 Å². The lowest BCUT2D eigenvalue weighted by Crippen LogP contribution is -2.36. The summed E-state index contributed by atoms with van der Waals surface area (Å²) in [6.45, 7) is 3.21. The van der Waals surface area contributed by atoms with Crippen LogP contribution in [-0.2, 0) is 26.3 Å². The highest BCUT2D eigenvalue weighted by Crippen LogP contribution is 2.24. The first kappa shape index (κ1) is 24.2. The number of anilines is 1. The second-order valence-electron chi connectivity index (χ2n) is 6.58. The van der Waals surface area contributed by atoms with Crippen LogP contribution in [-0.4, -0.2) is 62.2 Å². The van der Waals surface area contributed by atoms with E-state index >= 15 is 0 Å². The SMILES string of the molecule is CCc1ccc2nc(S(=O)(=O)CC)c(S(=O)(=O)NC(=O)Nc3nc(OC)cc(OC)n3)n2c1. The molecule has 0 atom stereocenters.